The second-order valence-corrected chi connectivity index (χ2v) is 4.91. The van der Waals surface area contributed by atoms with Gasteiger partial charge in [-0.3, -0.25) is 0 Å². The van der Waals surface area contributed by atoms with Gasteiger partial charge in [0.2, 0.25) is 3.79 Å². The average molecular weight is 240 g/mol. The molecule has 0 bridgehead atoms. The fraction of sp³-hybridized carbons (Fsp3) is 0.333. The maximum absolute atomic E-state index is 8.78. The summed E-state index contributed by atoms with van der Waals surface area (Å²) >= 11 is 17.2. The Bertz CT molecular complexity index is 280. The summed E-state index contributed by atoms with van der Waals surface area (Å²) < 4.78 is -1.41. The Morgan fingerprint density at radius 2 is 1.77 bits per heavy atom. The first-order valence-electron chi connectivity index (χ1n) is 3.81. The largest absolute Gasteiger partial charge is 0.396 e. The van der Waals surface area contributed by atoms with Gasteiger partial charge in [-0.15, -0.1) is 0 Å². The van der Waals surface area contributed by atoms with E-state index in [4.69, 9.17) is 39.9 Å². The standard InChI is InChI=1S/C9H9Cl3O/c10-9(11,12)8-4-2-1-3-7(8)5-6-13/h1-4,13H,5-6H2. The Kier molecular flexibility index (Phi) is 3.87. The Labute approximate surface area is 92.2 Å². The highest BCUT2D eigenvalue weighted by Gasteiger charge is 2.24. The van der Waals surface area contributed by atoms with Gasteiger partial charge in [0.1, 0.15) is 0 Å². The van der Waals surface area contributed by atoms with Crippen LogP contribution in [0.3, 0.4) is 0 Å². The molecule has 0 radical (unpaired) electrons. The number of hydrogen-bond acceptors (Lipinski definition) is 1. The summed E-state index contributed by atoms with van der Waals surface area (Å²) in [4.78, 5) is 0. The van der Waals surface area contributed by atoms with Crippen molar-refractivity contribution in [3.05, 3.63) is 35.4 Å². The zero-order valence-electron chi connectivity index (χ0n) is 6.80. The van der Waals surface area contributed by atoms with E-state index in [0.717, 1.165) is 5.56 Å². The molecule has 0 aliphatic carbocycles. The SMILES string of the molecule is OCCc1ccccc1C(Cl)(Cl)Cl. The monoisotopic (exact) mass is 238 g/mol. The molecule has 1 rings (SSSR count). The minimum absolute atomic E-state index is 0.0533. The molecule has 1 aromatic rings. The van der Waals surface area contributed by atoms with Gasteiger partial charge < -0.3 is 5.11 Å². The molecule has 72 valence electrons. The molecule has 0 unspecified atom stereocenters. The van der Waals surface area contributed by atoms with Gasteiger partial charge in [0.25, 0.3) is 0 Å². The molecule has 0 aliphatic heterocycles. The van der Waals surface area contributed by atoms with Gasteiger partial charge in [0.15, 0.2) is 0 Å². The molecule has 0 spiro atoms. The Hall–Kier alpha value is 0.0500. The third-order valence-corrected chi connectivity index (χ3v) is 2.31. The first kappa shape index (κ1) is 11.1. The van der Waals surface area contributed by atoms with Crippen molar-refractivity contribution in [2.45, 2.75) is 10.2 Å². The number of aliphatic hydroxyl groups excluding tert-OH is 1. The summed E-state index contributed by atoms with van der Waals surface area (Å²) in [6.07, 6.45) is 0.504. The first-order valence-corrected chi connectivity index (χ1v) is 4.95. The van der Waals surface area contributed by atoms with Crippen LogP contribution >= 0.6 is 34.8 Å². The quantitative estimate of drug-likeness (QED) is 0.787. The van der Waals surface area contributed by atoms with Crippen LogP contribution in [0.15, 0.2) is 24.3 Å². The maximum Gasteiger partial charge on any atom is 0.216 e. The topological polar surface area (TPSA) is 20.2 Å². The lowest BCUT2D eigenvalue weighted by atomic mass is 10.1. The van der Waals surface area contributed by atoms with Gasteiger partial charge in [-0.25, -0.2) is 0 Å². The predicted molar refractivity (Wildman–Crippen MR) is 56.5 cm³/mol. The molecule has 0 atom stereocenters. The summed E-state index contributed by atoms with van der Waals surface area (Å²) in [5.74, 6) is 0. The van der Waals surface area contributed by atoms with E-state index >= 15 is 0 Å². The molecule has 0 aliphatic rings. The lowest BCUT2D eigenvalue weighted by Crippen LogP contribution is -2.06. The smallest absolute Gasteiger partial charge is 0.216 e. The Morgan fingerprint density at radius 1 is 1.15 bits per heavy atom. The second-order valence-electron chi connectivity index (χ2n) is 2.63. The number of hydrogen-bond donors (Lipinski definition) is 1. The molecule has 0 saturated carbocycles. The summed E-state index contributed by atoms with van der Waals surface area (Å²) in [5, 5.41) is 8.78. The zero-order chi connectivity index (χ0) is 9.90. The van der Waals surface area contributed by atoms with Crippen LogP contribution in [0.5, 0.6) is 0 Å². The van der Waals surface area contributed by atoms with Gasteiger partial charge in [-0.1, -0.05) is 59.1 Å². The van der Waals surface area contributed by atoms with E-state index in [9.17, 15) is 0 Å². The lowest BCUT2D eigenvalue weighted by Gasteiger charge is -2.15. The van der Waals surface area contributed by atoms with Gasteiger partial charge in [-0.05, 0) is 12.0 Å². The van der Waals surface area contributed by atoms with Crippen molar-refractivity contribution in [2.75, 3.05) is 6.61 Å². The average Bonchev–Trinajstić information content (AvgIpc) is 2.04. The van der Waals surface area contributed by atoms with Gasteiger partial charge in [0, 0.05) is 12.2 Å². The number of alkyl halides is 3. The van der Waals surface area contributed by atoms with Crippen LogP contribution in [0.25, 0.3) is 0 Å². The van der Waals surface area contributed by atoms with Crippen molar-refractivity contribution < 1.29 is 5.11 Å². The molecule has 4 heteroatoms. The molecule has 13 heavy (non-hydrogen) atoms. The summed E-state index contributed by atoms with van der Waals surface area (Å²) in [7, 11) is 0. The number of rotatable bonds is 2. The van der Waals surface area contributed by atoms with Crippen molar-refractivity contribution in [1.29, 1.82) is 0 Å². The van der Waals surface area contributed by atoms with Gasteiger partial charge >= 0.3 is 0 Å². The molecule has 0 aromatic heterocycles. The molecule has 1 N–H and O–H groups in total. The Morgan fingerprint density at radius 3 is 2.31 bits per heavy atom. The summed E-state index contributed by atoms with van der Waals surface area (Å²) in [6, 6.07) is 7.24. The van der Waals surface area contributed by atoms with Crippen molar-refractivity contribution in [3.8, 4) is 0 Å². The van der Waals surface area contributed by atoms with Crippen molar-refractivity contribution in [1.82, 2.24) is 0 Å². The fourth-order valence-corrected chi connectivity index (χ4v) is 1.69. The van der Waals surface area contributed by atoms with Crippen LogP contribution in [0, 0.1) is 0 Å². The third-order valence-electron chi connectivity index (χ3n) is 1.70. The van der Waals surface area contributed by atoms with Crippen LogP contribution < -0.4 is 0 Å². The maximum atomic E-state index is 8.78. The van der Waals surface area contributed by atoms with E-state index in [1.165, 1.54) is 0 Å². The molecule has 1 nitrogen and oxygen atoms in total. The minimum Gasteiger partial charge on any atom is -0.396 e. The van der Waals surface area contributed by atoms with Crippen LogP contribution in [-0.4, -0.2) is 11.7 Å². The molecule has 0 saturated heterocycles. The van der Waals surface area contributed by atoms with E-state index in [0.29, 0.717) is 12.0 Å². The Balaban J connectivity index is 3.05. The highest BCUT2D eigenvalue weighted by molar-refractivity contribution is 6.66. The highest BCUT2D eigenvalue weighted by Crippen LogP contribution is 2.39. The zero-order valence-corrected chi connectivity index (χ0v) is 9.07. The second kappa shape index (κ2) is 4.52. The number of halogens is 3. The van der Waals surface area contributed by atoms with Crippen LogP contribution in [0.4, 0.5) is 0 Å². The summed E-state index contributed by atoms with van der Waals surface area (Å²) in [5.41, 5.74) is 1.50. The van der Waals surface area contributed by atoms with E-state index in [-0.39, 0.29) is 6.61 Å². The molecular weight excluding hydrogens is 230 g/mol. The van der Waals surface area contributed by atoms with Crippen LogP contribution in [0.2, 0.25) is 0 Å². The number of benzene rings is 1. The van der Waals surface area contributed by atoms with Gasteiger partial charge in [-0.2, -0.15) is 0 Å². The van der Waals surface area contributed by atoms with E-state index in [2.05, 4.69) is 0 Å². The molecular formula is C9H9Cl3O. The first-order chi connectivity index (χ1) is 6.05. The molecule has 0 amide bonds. The van der Waals surface area contributed by atoms with E-state index in [1.54, 1.807) is 12.1 Å². The van der Waals surface area contributed by atoms with Crippen molar-refractivity contribution in [2.24, 2.45) is 0 Å². The fourth-order valence-electron chi connectivity index (χ4n) is 1.14. The molecule has 0 fully saturated rings. The van der Waals surface area contributed by atoms with E-state index in [1.807, 2.05) is 12.1 Å². The van der Waals surface area contributed by atoms with Crippen molar-refractivity contribution in [3.63, 3.8) is 0 Å². The van der Waals surface area contributed by atoms with Gasteiger partial charge in [0.05, 0.1) is 0 Å². The van der Waals surface area contributed by atoms with Crippen LogP contribution in [-0.2, 0) is 10.2 Å². The lowest BCUT2D eigenvalue weighted by molar-refractivity contribution is 0.299. The predicted octanol–water partition coefficient (Wildman–Crippen LogP) is 3.05. The van der Waals surface area contributed by atoms with E-state index < -0.39 is 3.79 Å². The van der Waals surface area contributed by atoms with Crippen molar-refractivity contribution >= 4 is 34.8 Å². The third kappa shape index (κ3) is 3.03. The van der Waals surface area contributed by atoms with Crippen LogP contribution in [0.1, 0.15) is 11.1 Å². The minimum atomic E-state index is -1.41. The highest BCUT2D eigenvalue weighted by atomic mass is 35.6. The molecule has 0 heterocycles. The summed E-state index contributed by atoms with van der Waals surface area (Å²) in [6.45, 7) is 0.0533. The normalized spacial score (nSPS) is 11.7. The number of aliphatic hydroxyl groups is 1. The molecule has 1 aromatic carbocycles.